The van der Waals surface area contributed by atoms with Crippen molar-refractivity contribution >= 4 is 0 Å². The van der Waals surface area contributed by atoms with Gasteiger partial charge >= 0.3 is 0 Å². The summed E-state index contributed by atoms with van der Waals surface area (Å²) in [5.74, 6) is 0. The Morgan fingerprint density at radius 1 is 1.62 bits per heavy atom. The highest BCUT2D eigenvalue weighted by molar-refractivity contribution is 5.11. The van der Waals surface area contributed by atoms with Crippen LogP contribution in [0.15, 0.2) is 11.6 Å². The van der Waals surface area contributed by atoms with Crippen LogP contribution in [0.5, 0.6) is 0 Å². The molecule has 13 heavy (non-hydrogen) atoms. The van der Waals surface area contributed by atoms with Crippen molar-refractivity contribution in [1.82, 2.24) is 0 Å². The lowest BCUT2D eigenvalue weighted by Crippen LogP contribution is -2.29. The molecule has 1 aliphatic rings. The van der Waals surface area contributed by atoms with Crippen molar-refractivity contribution in [1.29, 1.82) is 0 Å². The quantitative estimate of drug-likeness (QED) is 0.625. The Labute approximate surface area is 80.9 Å². The van der Waals surface area contributed by atoms with Crippen molar-refractivity contribution in [3.63, 3.8) is 0 Å². The monoisotopic (exact) mass is 184 g/mol. The summed E-state index contributed by atoms with van der Waals surface area (Å²) in [7, 11) is 1.73. The van der Waals surface area contributed by atoms with Gasteiger partial charge in [0.15, 0.2) is 0 Å². The molecule has 0 bridgehead atoms. The van der Waals surface area contributed by atoms with E-state index >= 15 is 0 Å². The summed E-state index contributed by atoms with van der Waals surface area (Å²) >= 11 is 0. The minimum absolute atomic E-state index is 0.179. The van der Waals surface area contributed by atoms with Crippen molar-refractivity contribution in [3.05, 3.63) is 11.6 Å². The first-order chi connectivity index (χ1) is 6.27. The zero-order chi connectivity index (χ0) is 9.68. The lowest BCUT2D eigenvalue weighted by atomic mass is 10.0. The van der Waals surface area contributed by atoms with Gasteiger partial charge in [0.05, 0.1) is 12.7 Å². The zero-order valence-corrected chi connectivity index (χ0v) is 8.88. The Morgan fingerprint density at radius 2 is 2.38 bits per heavy atom. The van der Waals surface area contributed by atoms with Gasteiger partial charge in [0.1, 0.15) is 6.10 Å². The predicted molar refractivity (Wildman–Crippen MR) is 53.8 cm³/mol. The third kappa shape index (κ3) is 3.12. The number of hydrogen-bond donors (Lipinski definition) is 0. The van der Waals surface area contributed by atoms with E-state index in [1.807, 2.05) is 0 Å². The van der Waals surface area contributed by atoms with Gasteiger partial charge in [-0.2, -0.15) is 0 Å². The van der Waals surface area contributed by atoms with Crippen LogP contribution in [0.3, 0.4) is 0 Å². The normalized spacial score (nSPS) is 28.7. The van der Waals surface area contributed by atoms with Crippen molar-refractivity contribution < 1.29 is 9.47 Å². The molecule has 1 heterocycles. The summed E-state index contributed by atoms with van der Waals surface area (Å²) in [6, 6.07) is 0. The van der Waals surface area contributed by atoms with Gasteiger partial charge in [0.25, 0.3) is 0 Å². The highest BCUT2D eigenvalue weighted by Crippen LogP contribution is 2.18. The van der Waals surface area contributed by atoms with Crippen LogP contribution in [-0.4, -0.2) is 25.9 Å². The fraction of sp³-hybridized carbons (Fsp3) is 0.818. The van der Waals surface area contributed by atoms with Crippen molar-refractivity contribution in [2.45, 2.75) is 45.3 Å². The molecule has 2 atom stereocenters. The number of ether oxygens (including phenoxy) is 2. The molecule has 0 saturated carbocycles. The molecule has 0 saturated heterocycles. The Balaban J connectivity index is 2.41. The Bertz CT molecular complexity index is 175. The summed E-state index contributed by atoms with van der Waals surface area (Å²) in [4.78, 5) is 0. The van der Waals surface area contributed by atoms with Gasteiger partial charge in [0.2, 0.25) is 0 Å². The standard InChI is InChI=1S/C11H20O2/c1-4-5-6-10-7-9(2)11(12-3)8-13-10/h7,10-11H,4-6,8H2,1-3H3/t10-,11+/m1/s1. The Kier molecular flexibility index (Phi) is 4.46. The van der Waals surface area contributed by atoms with E-state index in [2.05, 4.69) is 19.9 Å². The van der Waals surface area contributed by atoms with E-state index in [9.17, 15) is 0 Å². The number of rotatable bonds is 4. The van der Waals surface area contributed by atoms with Crippen molar-refractivity contribution in [3.8, 4) is 0 Å². The number of methoxy groups -OCH3 is 1. The molecule has 0 aromatic heterocycles. The summed E-state index contributed by atoms with van der Waals surface area (Å²) in [6.07, 6.45) is 6.33. The third-order valence-electron chi connectivity index (χ3n) is 2.55. The predicted octanol–water partition coefficient (Wildman–Crippen LogP) is 2.54. The van der Waals surface area contributed by atoms with E-state index in [4.69, 9.17) is 9.47 Å². The first-order valence-electron chi connectivity index (χ1n) is 5.10. The highest BCUT2D eigenvalue weighted by atomic mass is 16.5. The first-order valence-corrected chi connectivity index (χ1v) is 5.10. The zero-order valence-electron chi connectivity index (χ0n) is 8.88. The molecule has 2 heteroatoms. The topological polar surface area (TPSA) is 18.5 Å². The van der Waals surface area contributed by atoms with E-state index in [0.717, 1.165) is 6.42 Å². The maximum Gasteiger partial charge on any atom is 0.101 e. The second kappa shape index (κ2) is 5.40. The molecular formula is C11H20O2. The molecule has 0 spiro atoms. The minimum atomic E-state index is 0.179. The van der Waals surface area contributed by atoms with Crippen LogP contribution in [0.2, 0.25) is 0 Å². The second-order valence-corrected chi connectivity index (χ2v) is 3.65. The molecule has 0 aromatic carbocycles. The van der Waals surface area contributed by atoms with Crippen LogP contribution in [-0.2, 0) is 9.47 Å². The molecule has 0 radical (unpaired) electrons. The summed E-state index contributed by atoms with van der Waals surface area (Å²) < 4.78 is 10.9. The van der Waals surface area contributed by atoms with Gasteiger partial charge in [-0.05, 0) is 18.9 Å². The van der Waals surface area contributed by atoms with Gasteiger partial charge in [-0.3, -0.25) is 0 Å². The maximum absolute atomic E-state index is 5.65. The smallest absolute Gasteiger partial charge is 0.101 e. The molecule has 1 aliphatic heterocycles. The fourth-order valence-electron chi connectivity index (χ4n) is 1.62. The molecule has 2 nitrogen and oxygen atoms in total. The van der Waals surface area contributed by atoms with Crippen LogP contribution < -0.4 is 0 Å². The Hall–Kier alpha value is -0.340. The van der Waals surface area contributed by atoms with Gasteiger partial charge in [-0.1, -0.05) is 25.8 Å². The average Bonchev–Trinajstić information content (AvgIpc) is 2.15. The van der Waals surface area contributed by atoms with E-state index in [0.29, 0.717) is 12.7 Å². The van der Waals surface area contributed by atoms with Crippen LogP contribution in [0.1, 0.15) is 33.1 Å². The van der Waals surface area contributed by atoms with Crippen molar-refractivity contribution in [2.24, 2.45) is 0 Å². The lowest BCUT2D eigenvalue weighted by molar-refractivity contribution is -0.0134. The molecule has 76 valence electrons. The lowest BCUT2D eigenvalue weighted by Gasteiger charge is -2.26. The molecule has 0 unspecified atom stereocenters. The minimum Gasteiger partial charge on any atom is -0.375 e. The molecule has 0 amide bonds. The molecule has 0 aromatic rings. The molecule has 0 fully saturated rings. The molecule has 0 aliphatic carbocycles. The molecular weight excluding hydrogens is 164 g/mol. The van der Waals surface area contributed by atoms with E-state index in [1.54, 1.807) is 7.11 Å². The Morgan fingerprint density at radius 3 is 2.92 bits per heavy atom. The van der Waals surface area contributed by atoms with Crippen LogP contribution in [0.25, 0.3) is 0 Å². The van der Waals surface area contributed by atoms with Gasteiger partial charge < -0.3 is 9.47 Å². The van der Waals surface area contributed by atoms with Gasteiger partial charge in [0, 0.05) is 7.11 Å². The SMILES string of the molecule is CCCC[C@@H]1C=C(C)[C@@H](OC)CO1. The average molecular weight is 184 g/mol. The summed E-state index contributed by atoms with van der Waals surface area (Å²) in [5, 5.41) is 0. The van der Waals surface area contributed by atoms with E-state index in [-0.39, 0.29) is 6.10 Å². The van der Waals surface area contributed by atoms with Crippen LogP contribution in [0.4, 0.5) is 0 Å². The van der Waals surface area contributed by atoms with Crippen LogP contribution in [0, 0.1) is 0 Å². The van der Waals surface area contributed by atoms with Gasteiger partial charge in [-0.25, -0.2) is 0 Å². The molecule has 0 N–H and O–H groups in total. The van der Waals surface area contributed by atoms with E-state index < -0.39 is 0 Å². The maximum atomic E-state index is 5.65. The highest BCUT2D eigenvalue weighted by Gasteiger charge is 2.19. The van der Waals surface area contributed by atoms with E-state index in [1.165, 1.54) is 18.4 Å². The number of hydrogen-bond acceptors (Lipinski definition) is 2. The largest absolute Gasteiger partial charge is 0.375 e. The second-order valence-electron chi connectivity index (χ2n) is 3.65. The number of unbranched alkanes of at least 4 members (excludes halogenated alkanes) is 1. The van der Waals surface area contributed by atoms with Gasteiger partial charge in [-0.15, -0.1) is 0 Å². The van der Waals surface area contributed by atoms with Crippen LogP contribution >= 0.6 is 0 Å². The molecule has 1 rings (SSSR count). The third-order valence-corrected chi connectivity index (χ3v) is 2.55. The first kappa shape index (κ1) is 10.7. The van der Waals surface area contributed by atoms with Crippen molar-refractivity contribution in [2.75, 3.05) is 13.7 Å². The fourth-order valence-corrected chi connectivity index (χ4v) is 1.62. The summed E-state index contributed by atoms with van der Waals surface area (Å²) in [6.45, 7) is 5.04. The summed E-state index contributed by atoms with van der Waals surface area (Å²) in [5.41, 5.74) is 1.31.